The van der Waals surface area contributed by atoms with Gasteiger partial charge >= 0.3 is 5.97 Å². The highest BCUT2D eigenvalue weighted by atomic mass is 35.5. The standard InChI is InChI=1S/C17H15ClFN3O2/c1-10(7-15(20)12-8-11(18)3-4-14(12)19)22-16-5-6-21-9-13(16)17(23)24-2/h3-9H,20H2,1-2H3. The van der Waals surface area contributed by atoms with Gasteiger partial charge in [-0.15, -0.1) is 0 Å². The number of aliphatic imine (C=N–C) groups is 1. The Balaban J connectivity index is 2.38. The van der Waals surface area contributed by atoms with Crippen molar-refractivity contribution >= 4 is 34.7 Å². The van der Waals surface area contributed by atoms with Crippen LogP contribution in [0.1, 0.15) is 22.8 Å². The highest BCUT2D eigenvalue weighted by Gasteiger charge is 2.11. The lowest BCUT2D eigenvalue weighted by atomic mass is 10.1. The molecule has 1 heterocycles. The first-order valence-electron chi connectivity index (χ1n) is 6.92. The molecule has 124 valence electrons. The highest BCUT2D eigenvalue weighted by Crippen LogP contribution is 2.21. The van der Waals surface area contributed by atoms with Crippen molar-refractivity contribution in [1.29, 1.82) is 0 Å². The molecule has 0 saturated carbocycles. The van der Waals surface area contributed by atoms with Crippen LogP contribution < -0.4 is 5.73 Å². The van der Waals surface area contributed by atoms with Crippen LogP contribution in [0.25, 0.3) is 5.70 Å². The Morgan fingerprint density at radius 2 is 2.12 bits per heavy atom. The molecule has 24 heavy (non-hydrogen) atoms. The monoisotopic (exact) mass is 347 g/mol. The fourth-order valence-corrected chi connectivity index (χ4v) is 2.17. The van der Waals surface area contributed by atoms with Crippen molar-refractivity contribution < 1.29 is 13.9 Å². The molecule has 5 nitrogen and oxygen atoms in total. The number of methoxy groups -OCH3 is 1. The van der Waals surface area contributed by atoms with Gasteiger partial charge < -0.3 is 10.5 Å². The molecule has 1 aromatic heterocycles. The van der Waals surface area contributed by atoms with Crippen LogP contribution in [-0.2, 0) is 4.74 Å². The summed E-state index contributed by atoms with van der Waals surface area (Å²) in [6.07, 6.45) is 4.36. The van der Waals surface area contributed by atoms with Crippen molar-refractivity contribution in [2.45, 2.75) is 6.92 Å². The lowest BCUT2D eigenvalue weighted by Gasteiger charge is -2.06. The van der Waals surface area contributed by atoms with Crippen molar-refractivity contribution in [2.75, 3.05) is 7.11 Å². The van der Waals surface area contributed by atoms with Crippen molar-refractivity contribution in [1.82, 2.24) is 4.98 Å². The molecule has 0 fully saturated rings. The maximum Gasteiger partial charge on any atom is 0.341 e. The molecule has 0 atom stereocenters. The van der Waals surface area contributed by atoms with Crippen molar-refractivity contribution in [3.05, 3.63) is 64.7 Å². The number of nitrogens with zero attached hydrogens (tertiary/aromatic N) is 2. The van der Waals surface area contributed by atoms with E-state index >= 15 is 0 Å². The van der Waals surface area contributed by atoms with Gasteiger partial charge in [0.05, 0.1) is 12.8 Å². The van der Waals surface area contributed by atoms with E-state index in [0.29, 0.717) is 16.4 Å². The lowest BCUT2D eigenvalue weighted by Crippen LogP contribution is -2.04. The summed E-state index contributed by atoms with van der Waals surface area (Å²) in [7, 11) is 1.27. The van der Waals surface area contributed by atoms with Crippen LogP contribution in [0.2, 0.25) is 5.02 Å². The van der Waals surface area contributed by atoms with Gasteiger partial charge in [0, 0.05) is 34.4 Å². The summed E-state index contributed by atoms with van der Waals surface area (Å²) in [5.41, 5.74) is 7.35. The molecule has 0 aliphatic rings. The lowest BCUT2D eigenvalue weighted by molar-refractivity contribution is 0.0601. The first kappa shape index (κ1) is 17.6. The van der Waals surface area contributed by atoms with E-state index in [9.17, 15) is 9.18 Å². The number of carbonyl (C=O) groups excluding carboxylic acids is 1. The van der Waals surface area contributed by atoms with E-state index in [1.807, 2.05) is 0 Å². The normalized spacial score (nSPS) is 12.2. The van der Waals surface area contributed by atoms with Crippen molar-refractivity contribution in [2.24, 2.45) is 10.7 Å². The molecular formula is C17H15ClFN3O2. The van der Waals surface area contributed by atoms with Gasteiger partial charge in [-0.05, 0) is 37.3 Å². The number of hydrogen-bond donors (Lipinski definition) is 1. The van der Waals surface area contributed by atoms with E-state index in [1.54, 1.807) is 13.0 Å². The number of hydrogen-bond acceptors (Lipinski definition) is 5. The highest BCUT2D eigenvalue weighted by molar-refractivity contribution is 6.30. The third kappa shape index (κ3) is 4.17. The molecule has 0 bridgehead atoms. The van der Waals surface area contributed by atoms with Crippen LogP contribution >= 0.6 is 11.6 Å². The summed E-state index contributed by atoms with van der Waals surface area (Å²) < 4.78 is 18.5. The molecule has 0 radical (unpaired) electrons. The number of allylic oxidation sites excluding steroid dienone is 1. The second-order valence-electron chi connectivity index (χ2n) is 4.86. The fraction of sp³-hybridized carbons (Fsp3) is 0.118. The molecule has 0 saturated heterocycles. The van der Waals surface area contributed by atoms with Gasteiger partial charge in [0.15, 0.2) is 0 Å². The summed E-state index contributed by atoms with van der Waals surface area (Å²) in [5.74, 6) is -1.03. The summed E-state index contributed by atoms with van der Waals surface area (Å²) in [6, 6.07) is 5.68. The maximum atomic E-state index is 13.8. The van der Waals surface area contributed by atoms with Gasteiger partial charge in [-0.25, -0.2) is 9.18 Å². The third-order valence-corrected chi connectivity index (χ3v) is 3.34. The Labute approximate surface area is 143 Å². The Kier molecular flexibility index (Phi) is 5.65. The van der Waals surface area contributed by atoms with Crippen LogP contribution in [0.15, 0.2) is 47.7 Å². The number of nitrogens with two attached hydrogens (primary N) is 1. The molecule has 1 aromatic carbocycles. The predicted molar refractivity (Wildman–Crippen MR) is 91.9 cm³/mol. The largest absolute Gasteiger partial charge is 0.465 e. The zero-order valence-corrected chi connectivity index (χ0v) is 13.8. The average molecular weight is 348 g/mol. The third-order valence-electron chi connectivity index (χ3n) is 3.10. The number of esters is 1. The number of rotatable bonds is 4. The molecule has 0 aliphatic heterocycles. The van der Waals surface area contributed by atoms with E-state index in [1.165, 1.54) is 43.8 Å². The second-order valence-corrected chi connectivity index (χ2v) is 5.30. The van der Waals surface area contributed by atoms with Gasteiger partial charge in [-0.3, -0.25) is 9.98 Å². The second kappa shape index (κ2) is 7.70. The van der Waals surface area contributed by atoms with E-state index in [2.05, 4.69) is 14.7 Å². The van der Waals surface area contributed by atoms with Crippen LogP contribution in [0.3, 0.4) is 0 Å². The predicted octanol–water partition coefficient (Wildman–Crippen LogP) is 3.75. The smallest absolute Gasteiger partial charge is 0.341 e. The maximum absolute atomic E-state index is 13.8. The molecule has 2 N–H and O–H groups in total. The number of pyridine rings is 1. The van der Waals surface area contributed by atoms with E-state index in [4.69, 9.17) is 17.3 Å². The molecule has 2 aromatic rings. The number of halogens is 2. The van der Waals surface area contributed by atoms with Gasteiger partial charge in [0.25, 0.3) is 0 Å². The molecule has 0 unspecified atom stereocenters. The van der Waals surface area contributed by atoms with Gasteiger partial charge in [-0.1, -0.05) is 11.6 Å². The van der Waals surface area contributed by atoms with Gasteiger partial charge in [-0.2, -0.15) is 0 Å². The van der Waals surface area contributed by atoms with Gasteiger partial charge in [0.2, 0.25) is 0 Å². The van der Waals surface area contributed by atoms with Crippen molar-refractivity contribution in [3.63, 3.8) is 0 Å². The molecule has 0 spiro atoms. The zero-order valence-electron chi connectivity index (χ0n) is 13.1. The molecule has 0 aliphatic carbocycles. The number of carbonyl (C=O) groups is 1. The van der Waals surface area contributed by atoms with Crippen LogP contribution in [0.5, 0.6) is 0 Å². The topological polar surface area (TPSA) is 77.6 Å². The van der Waals surface area contributed by atoms with E-state index in [-0.39, 0.29) is 16.8 Å². The summed E-state index contributed by atoms with van der Waals surface area (Å²) in [5, 5.41) is 0.374. The molecule has 0 amide bonds. The number of ether oxygens (including phenoxy) is 1. The Hall–Kier alpha value is -2.73. The molecular weight excluding hydrogens is 333 g/mol. The van der Waals surface area contributed by atoms with E-state index < -0.39 is 11.8 Å². The minimum Gasteiger partial charge on any atom is -0.465 e. The van der Waals surface area contributed by atoms with E-state index in [0.717, 1.165) is 0 Å². The van der Waals surface area contributed by atoms with Crippen LogP contribution in [0.4, 0.5) is 10.1 Å². The average Bonchev–Trinajstić information content (AvgIpc) is 2.56. The number of benzene rings is 1. The summed E-state index contributed by atoms with van der Waals surface area (Å²) in [6.45, 7) is 1.68. The summed E-state index contributed by atoms with van der Waals surface area (Å²) >= 11 is 5.86. The zero-order chi connectivity index (χ0) is 17.7. The fourth-order valence-electron chi connectivity index (χ4n) is 2.00. The first-order chi connectivity index (χ1) is 11.4. The van der Waals surface area contributed by atoms with Crippen LogP contribution in [0, 0.1) is 5.82 Å². The SMILES string of the molecule is COC(=O)c1cnccc1N=C(C)C=C(N)c1cc(Cl)ccc1F. The quantitative estimate of drug-likeness (QED) is 0.675. The van der Waals surface area contributed by atoms with Crippen LogP contribution in [-0.4, -0.2) is 23.8 Å². The Morgan fingerprint density at radius 1 is 1.38 bits per heavy atom. The molecule has 7 heteroatoms. The first-order valence-corrected chi connectivity index (χ1v) is 7.30. The summed E-state index contributed by atoms with van der Waals surface area (Å²) in [4.78, 5) is 19.9. The molecule has 2 rings (SSSR count). The van der Waals surface area contributed by atoms with Gasteiger partial charge in [0.1, 0.15) is 11.4 Å². The Morgan fingerprint density at radius 3 is 2.83 bits per heavy atom. The Bertz CT molecular complexity index is 834. The minimum atomic E-state index is -0.549. The van der Waals surface area contributed by atoms with Crippen molar-refractivity contribution in [3.8, 4) is 0 Å². The number of aromatic nitrogens is 1. The minimum absolute atomic E-state index is 0.171.